The molecule has 28 heavy (non-hydrogen) atoms. The van der Waals surface area contributed by atoms with E-state index in [1.54, 1.807) is 0 Å². The van der Waals surface area contributed by atoms with Gasteiger partial charge in [-0.15, -0.1) is 0 Å². The van der Waals surface area contributed by atoms with Gasteiger partial charge in [-0.25, -0.2) is 0 Å². The molecule has 0 aromatic heterocycles. The molecule has 1 nitrogen and oxygen atoms in total. The number of hydrogen-bond acceptors (Lipinski definition) is 1. The van der Waals surface area contributed by atoms with Crippen molar-refractivity contribution >= 4 is 5.78 Å². The normalized spacial score (nSPS) is 43.9. The molecule has 0 spiro atoms. The predicted molar refractivity (Wildman–Crippen MR) is 118 cm³/mol. The summed E-state index contributed by atoms with van der Waals surface area (Å²) in [6.07, 6.45) is 16.8. The van der Waals surface area contributed by atoms with Crippen LogP contribution in [0.1, 0.15) is 105 Å². The van der Waals surface area contributed by atoms with Gasteiger partial charge in [-0.1, -0.05) is 65.9 Å². The maximum atomic E-state index is 13.4. The minimum Gasteiger partial charge on any atom is -0.295 e. The Morgan fingerprint density at radius 1 is 1.00 bits per heavy atom. The van der Waals surface area contributed by atoms with E-state index in [-0.39, 0.29) is 0 Å². The molecule has 0 amide bonds. The first kappa shape index (κ1) is 20.7. The molecule has 158 valence electrons. The molecule has 0 heterocycles. The van der Waals surface area contributed by atoms with Gasteiger partial charge >= 0.3 is 0 Å². The lowest BCUT2D eigenvalue weighted by Crippen LogP contribution is -2.53. The van der Waals surface area contributed by atoms with Crippen molar-refractivity contribution in [2.75, 3.05) is 0 Å². The first-order valence-electron chi connectivity index (χ1n) is 12.5. The largest absolute Gasteiger partial charge is 0.295 e. The number of carbonyl (C=O) groups is 1. The van der Waals surface area contributed by atoms with E-state index in [9.17, 15) is 4.79 Å². The van der Waals surface area contributed by atoms with Crippen LogP contribution in [0.25, 0.3) is 0 Å². The topological polar surface area (TPSA) is 17.1 Å². The van der Waals surface area contributed by atoms with Crippen molar-refractivity contribution in [1.29, 1.82) is 0 Å². The zero-order valence-corrected chi connectivity index (χ0v) is 19.2. The molecule has 3 fully saturated rings. The second-order valence-electron chi connectivity index (χ2n) is 12.0. The molecular formula is C27H44O. The minimum absolute atomic E-state index is 0.332. The fraction of sp³-hybridized carbons (Fsp3) is 0.889. The second-order valence-corrected chi connectivity index (χ2v) is 12.0. The molecule has 4 aliphatic carbocycles. The maximum Gasteiger partial charge on any atom is 0.159 e. The molecule has 0 aliphatic heterocycles. The van der Waals surface area contributed by atoms with Gasteiger partial charge in [0.25, 0.3) is 0 Å². The zero-order chi connectivity index (χ0) is 20.1. The Hall–Kier alpha value is -0.590. The van der Waals surface area contributed by atoms with E-state index in [0.29, 0.717) is 34.4 Å². The van der Waals surface area contributed by atoms with Gasteiger partial charge in [0.1, 0.15) is 0 Å². The van der Waals surface area contributed by atoms with E-state index >= 15 is 0 Å². The summed E-state index contributed by atoms with van der Waals surface area (Å²) in [5.74, 6) is 4.61. The molecule has 0 saturated heterocycles. The van der Waals surface area contributed by atoms with Gasteiger partial charge < -0.3 is 0 Å². The lowest BCUT2D eigenvalue weighted by Gasteiger charge is -2.57. The lowest BCUT2D eigenvalue weighted by molar-refractivity contribution is -0.134. The highest BCUT2D eigenvalue weighted by Crippen LogP contribution is 2.66. The Morgan fingerprint density at radius 2 is 1.79 bits per heavy atom. The Balaban J connectivity index is 1.54. The second kappa shape index (κ2) is 7.59. The molecule has 0 unspecified atom stereocenters. The highest BCUT2D eigenvalue weighted by Gasteiger charge is 2.60. The van der Waals surface area contributed by atoms with Gasteiger partial charge in [0, 0.05) is 5.92 Å². The monoisotopic (exact) mass is 384 g/mol. The summed E-state index contributed by atoms with van der Waals surface area (Å²) in [6.45, 7) is 12.3. The average Bonchev–Trinajstić information content (AvgIpc) is 2.99. The Morgan fingerprint density at radius 3 is 2.54 bits per heavy atom. The molecule has 4 aliphatic rings. The Kier molecular flexibility index (Phi) is 5.60. The van der Waals surface area contributed by atoms with Crippen LogP contribution < -0.4 is 0 Å². The van der Waals surface area contributed by atoms with Crippen LogP contribution in [-0.4, -0.2) is 5.78 Å². The van der Waals surface area contributed by atoms with E-state index in [1.165, 1.54) is 76.2 Å². The standard InChI is InChI=1S/C27H44O/c1-18(2)9-8-10-19(3)21-12-13-22-25-23(14-16-27(21,22)5)26(4)15-7-6-11-20(26)17-24(25)28/h17-19,21-23,25H,6-16H2,1-5H3/t19-,21-,22+,23+,25+,26-,27+/m0/s1. The fourth-order valence-corrected chi connectivity index (χ4v) is 8.46. The maximum absolute atomic E-state index is 13.4. The van der Waals surface area contributed by atoms with Crippen LogP contribution in [0.2, 0.25) is 0 Å². The summed E-state index contributed by atoms with van der Waals surface area (Å²) in [6, 6.07) is 0. The summed E-state index contributed by atoms with van der Waals surface area (Å²) in [4.78, 5) is 13.4. The number of carbonyl (C=O) groups excluding carboxylic acids is 1. The van der Waals surface area contributed by atoms with Gasteiger partial charge in [0.05, 0.1) is 0 Å². The van der Waals surface area contributed by atoms with Crippen LogP contribution in [0.15, 0.2) is 11.6 Å². The molecule has 7 atom stereocenters. The predicted octanol–water partition coefficient (Wildman–Crippen LogP) is 7.60. The van der Waals surface area contributed by atoms with Crippen molar-refractivity contribution in [2.45, 2.75) is 105 Å². The van der Waals surface area contributed by atoms with E-state index in [2.05, 4.69) is 40.7 Å². The first-order valence-corrected chi connectivity index (χ1v) is 12.5. The third kappa shape index (κ3) is 3.24. The number of ketones is 1. The fourth-order valence-electron chi connectivity index (χ4n) is 8.46. The lowest BCUT2D eigenvalue weighted by atomic mass is 9.47. The summed E-state index contributed by atoms with van der Waals surface area (Å²) in [5.41, 5.74) is 2.26. The van der Waals surface area contributed by atoms with Crippen molar-refractivity contribution in [3.8, 4) is 0 Å². The summed E-state index contributed by atoms with van der Waals surface area (Å²) in [5, 5.41) is 0. The van der Waals surface area contributed by atoms with E-state index < -0.39 is 0 Å². The van der Waals surface area contributed by atoms with Gasteiger partial charge in [-0.3, -0.25) is 4.79 Å². The SMILES string of the molecule is CC(C)CCC[C@H](C)[C@@H]1CC[C@@H]2[C@H]3C(=O)C=C4CCCC[C@]4(C)[C@@H]3CC[C@@]21C. The molecule has 0 bridgehead atoms. The van der Waals surface area contributed by atoms with Gasteiger partial charge in [0.2, 0.25) is 0 Å². The first-order chi connectivity index (χ1) is 13.3. The highest BCUT2D eigenvalue weighted by atomic mass is 16.1. The molecule has 0 N–H and O–H groups in total. The van der Waals surface area contributed by atoms with Crippen LogP contribution in [0.3, 0.4) is 0 Å². The molecule has 3 saturated carbocycles. The summed E-state index contributed by atoms with van der Waals surface area (Å²) >= 11 is 0. The van der Waals surface area contributed by atoms with Crippen LogP contribution in [0, 0.1) is 46.3 Å². The van der Waals surface area contributed by atoms with Crippen LogP contribution in [-0.2, 0) is 4.79 Å². The Labute approximate surface area is 174 Å². The number of hydrogen-bond donors (Lipinski definition) is 0. The summed E-state index contributed by atoms with van der Waals surface area (Å²) < 4.78 is 0. The molecule has 4 rings (SSSR count). The molecule has 1 heteroatoms. The van der Waals surface area contributed by atoms with E-state index in [0.717, 1.165) is 17.8 Å². The molecular weight excluding hydrogens is 340 g/mol. The number of allylic oxidation sites excluding steroid dienone is 2. The summed E-state index contributed by atoms with van der Waals surface area (Å²) in [7, 11) is 0. The van der Waals surface area contributed by atoms with Crippen LogP contribution in [0.5, 0.6) is 0 Å². The third-order valence-corrected chi connectivity index (χ3v) is 10.1. The van der Waals surface area contributed by atoms with Crippen molar-refractivity contribution in [1.82, 2.24) is 0 Å². The zero-order valence-electron chi connectivity index (χ0n) is 19.2. The van der Waals surface area contributed by atoms with Crippen LogP contribution >= 0.6 is 0 Å². The van der Waals surface area contributed by atoms with Gasteiger partial charge in [-0.2, -0.15) is 0 Å². The highest BCUT2D eigenvalue weighted by molar-refractivity contribution is 5.94. The number of fused-ring (bicyclic) bond motifs is 5. The van der Waals surface area contributed by atoms with E-state index in [4.69, 9.17) is 0 Å². The Bertz CT molecular complexity index is 630. The smallest absolute Gasteiger partial charge is 0.159 e. The third-order valence-electron chi connectivity index (χ3n) is 10.1. The van der Waals surface area contributed by atoms with Gasteiger partial charge in [-0.05, 0) is 91.4 Å². The molecule has 0 aromatic rings. The van der Waals surface area contributed by atoms with Crippen molar-refractivity contribution in [3.63, 3.8) is 0 Å². The number of rotatable bonds is 5. The van der Waals surface area contributed by atoms with Crippen molar-refractivity contribution in [3.05, 3.63) is 11.6 Å². The quantitative estimate of drug-likeness (QED) is 0.477. The van der Waals surface area contributed by atoms with Gasteiger partial charge in [0.15, 0.2) is 5.78 Å². The average molecular weight is 385 g/mol. The van der Waals surface area contributed by atoms with Crippen molar-refractivity contribution in [2.24, 2.45) is 46.3 Å². The van der Waals surface area contributed by atoms with Crippen LogP contribution in [0.4, 0.5) is 0 Å². The molecule has 0 radical (unpaired) electrons. The van der Waals surface area contributed by atoms with Crippen molar-refractivity contribution < 1.29 is 4.79 Å². The minimum atomic E-state index is 0.332. The van der Waals surface area contributed by atoms with E-state index in [1.807, 2.05) is 0 Å². The molecule has 0 aromatic carbocycles.